The van der Waals surface area contributed by atoms with Gasteiger partial charge in [-0.2, -0.15) is 0 Å². The molecular weight excluding hydrogens is 412 g/mol. The number of anilines is 1. The Morgan fingerprint density at radius 2 is 1.87 bits per heavy atom. The van der Waals surface area contributed by atoms with Crippen LogP contribution in [0.1, 0.15) is 44.2 Å². The quantitative estimate of drug-likeness (QED) is 0.499. The van der Waals surface area contributed by atoms with E-state index in [4.69, 9.17) is 4.74 Å². The van der Waals surface area contributed by atoms with Gasteiger partial charge in [-0.1, -0.05) is 44.2 Å². The first-order chi connectivity index (χ1) is 14.8. The van der Waals surface area contributed by atoms with Crippen molar-refractivity contribution in [3.63, 3.8) is 0 Å². The summed E-state index contributed by atoms with van der Waals surface area (Å²) < 4.78 is 32.0. The third-order valence-corrected chi connectivity index (χ3v) is 6.12. The number of ether oxygens (including phenoxy) is 1. The maximum absolute atomic E-state index is 12.9. The molecule has 0 aliphatic carbocycles. The molecule has 1 atom stereocenters. The van der Waals surface area contributed by atoms with E-state index in [1.807, 2.05) is 44.2 Å². The Labute approximate surface area is 186 Å². The van der Waals surface area contributed by atoms with E-state index >= 15 is 0 Å². The number of aryl methyl sites for hydroxylation is 2. The zero-order valence-corrected chi connectivity index (χ0v) is 19.7. The summed E-state index contributed by atoms with van der Waals surface area (Å²) in [5.74, 6) is 0.592. The highest BCUT2D eigenvalue weighted by Gasteiger charge is 2.31. The summed E-state index contributed by atoms with van der Waals surface area (Å²) in [5, 5.41) is 2.92. The number of carbonyl (C=O) groups excluding carboxylic acids is 1. The van der Waals surface area contributed by atoms with Crippen molar-refractivity contribution in [1.29, 1.82) is 0 Å². The van der Waals surface area contributed by atoms with Crippen LogP contribution in [0.2, 0.25) is 0 Å². The molecule has 2 aromatic carbocycles. The van der Waals surface area contributed by atoms with Gasteiger partial charge >= 0.3 is 0 Å². The number of hydrogen-bond acceptors (Lipinski definition) is 4. The van der Waals surface area contributed by atoms with Crippen LogP contribution in [0.25, 0.3) is 0 Å². The number of carbonyl (C=O) groups is 1. The molecule has 1 N–H and O–H groups in total. The first kappa shape index (κ1) is 24.7. The second kappa shape index (κ2) is 11.7. The van der Waals surface area contributed by atoms with Crippen LogP contribution in [0.3, 0.4) is 0 Å². The molecule has 2 aromatic rings. The Kier molecular flexibility index (Phi) is 9.37. The van der Waals surface area contributed by atoms with Crippen LogP contribution < -0.4 is 14.4 Å². The number of benzene rings is 2. The molecule has 1 amide bonds. The molecular formula is C24H34N2O4S. The summed E-state index contributed by atoms with van der Waals surface area (Å²) in [4.78, 5) is 12.9. The Morgan fingerprint density at radius 3 is 2.52 bits per heavy atom. The fourth-order valence-electron chi connectivity index (χ4n) is 3.50. The van der Waals surface area contributed by atoms with Crippen LogP contribution in [0.5, 0.6) is 5.75 Å². The van der Waals surface area contributed by atoms with Crippen molar-refractivity contribution in [2.75, 3.05) is 23.7 Å². The van der Waals surface area contributed by atoms with Crippen molar-refractivity contribution in [3.05, 3.63) is 59.7 Å². The molecule has 0 fully saturated rings. The average Bonchev–Trinajstić information content (AvgIpc) is 2.73. The van der Waals surface area contributed by atoms with Gasteiger partial charge in [0.2, 0.25) is 15.9 Å². The zero-order chi connectivity index (χ0) is 22.9. The van der Waals surface area contributed by atoms with Crippen molar-refractivity contribution >= 4 is 21.6 Å². The van der Waals surface area contributed by atoms with Gasteiger partial charge < -0.3 is 10.1 Å². The molecule has 0 aliphatic heterocycles. The highest BCUT2D eigenvalue weighted by Crippen LogP contribution is 2.24. The van der Waals surface area contributed by atoms with Crippen LogP contribution in [0, 0.1) is 6.92 Å². The van der Waals surface area contributed by atoms with Gasteiger partial charge in [0.1, 0.15) is 11.8 Å². The normalized spacial score (nSPS) is 12.3. The number of nitrogens with one attached hydrogen (secondary N) is 1. The summed E-state index contributed by atoms with van der Waals surface area (Å²) in [6.45, 7) is 6.92. The Morgan fingerprint density at radius 1 is 1.13 bits per heavy atom. The highest BCUT2D eigenvalue weighted by atomic mass is 32.2. The average molecular weight is 447 g/mol. The van der Waals surface area contributed by atoms with Gasteiger partial charge in [-0.25, -0.2) is 8.42 Å². The number of nitrogens with zero attached hydrogens (tertiary/aromatic N) is 1. The van der Waals surface area contributed by atoms with Crippen molar-refractivity contribution in [1.82, 2.24) is 5.32 Å². The van der Waals surface area contributed by atoms with E-state index < -0.39 is 16.1 Å². The lowest BCUT2D eigenvalue weighted by Crippen LogP contribution is -2.49. The van der Waals surface area contributed by atoms with Crippen LogP contribution >= 0.6 is 0 Å². The fourth-order valence-corrected chi connectivity index (χ4v) is 4.70. The van der Waals surface area contributed by atoms with E-state index in [2.05, 4.69) is 12.2 Å². The SMILES string of the molecule is CCCOc1ccccc1CCCNC(=O)[C@@H](CC)N(c1cccc(C)c1)S(C)(=O)=O. The molecule has 6 nitrogen and oxygen atoms in total. The minimum atomic E-state index is -3.62. The molecule has 0 heterocycles. The Hall–Kier alpha value is -2.54. The number of hydrogen-bond donors (Lipinski definition) is 1. The highest BCUT2D eigenvalue weighted by molar-refractivity contribution is 7.92. The van der Waals surface area contributed by atoms with Gasteiger partial charge in [0.15, 0.2) is 0 Å². The molecule has 0 unspecified atom stereocenters. The largest absolute Gasteiger partial charge is 0.493 e. The van der Waals surface area contributed by atoms with E-state index in [0.29, 0.717) is 25.3 Å². The van der Waals surface area contributed by atoms with Gasteiger partial charge in [0.25, 0.3) is 0 Å². The van der Waals surface area contributed by atoms with Crippen LogP contribution in [-0.4, -0.2) is 39.8 Å². The summed E-state index contributed by atoms with van der Waals surface area (Å²) in [6, 6.07) is 14.3. The van der Waals surface area contributed by atoms with E-state index in [-0.39, 0.29) is 5.91 Å². The minimum Gasteiger partial charge on any atom is -0.493 e. The summed E-state index contributed by atoms with van der Waals surface area (Å²) >= 11 is 0. The molecule has 31 heavy (non-hydrogen) atoms. The maximum atomic E-state index is 12.9. The first-order valence-corrected chi connectivity index (χ1v) is 12.7. The molecule has 2 rings (SSSR count). The van der Waals surface area contributed by atoms with Gasteiger partial charge in [-0.15, -0.1) is 0 Å². The molecule has 0 radical (unpaired) electrons. The molecule has 7 heteroatoms. The number of rotatable bonds is 12. The van der Waals surface area contributed by atoms with Gasteiger partial charge in [-0.05, 0) is 61.9 Å². The second-order valence-electron chi connectivity index (χ2n) is 7.67. The molecule has 0 aromatic heterocycles. The number of sulfonamides is 1. The standard InChI is InChI=1S/C24H34N2O4S/c1-5-17-30-23-15-8-7-12-20(23)13-10-16-25-24(27)22(6-2)26(31(4,28)29)21-14-9-11-19(3)18-21/h7-9,11-12,14-15,18,22H,5-6,10,13,16-17H2,1-4H3,(H,25,27)/t22-/m1/s1. The van der Waals surface area contributed by atoms with Crippen molar-refractivity contribution < 1.29 is 17.9 Å². The molecule has 0 saturated heterocycles. The number of para-hydroxylation sites is 1. The van der Waals surface area contributed by atoms with Crippen molar-refractivity contribution in [2.24, 2.45) is 0 Å². The lowest BCUT2D eigenvalue weighted by atomic mass is 10.1. The Bertz CT molecular complexity index is 960. The molecule has 0 aliphatic rings. The minimum absolute atomic E-state index is 0.287. The molecule has 0 saturated carbocycles. The third-order valence-electron chi connectivity index (χ3n) is 4.94. The van der Waals surface area contributed by atoms with Crippen LogP contribution in [0.15, 0.2) is 48.5 Å². The second-order valence-corrected chi connectivity index (χ2v) is 9.53. The van der Waals surface area contributed by atoms with Gasteiger partial charge in [0, 0.05) is 6.54 Å². The smallest absolute Gasteiger partial charge is 0.243 e. The predicted molar refractivity (Wildman–Crippen MR) is 126 cm³/mol. The number of amides is 1. The fraction of sp³-hybridized carbons (Fsp3) is 0.458. The topological polar surface area (TPSA) is 75.7 Å². The first-order valence-electron chi connectivity index (χ1n) is 10.8. The van der Waals surface area contributed by atoms with E-state index in [1.165, 1.54) is 4.31 Å². The summed E-state index contributed by atoms with van der Waals surface area (Å²) in [6.07, 6.45) is 3.96. The predicted octanol–water partition coefficient (Wildman–Crippen LogP) is 4.08. The van der Waals surface area contributed by atoms with Gasteiger partial charge in [-0.3, -0.25) is 9.10 Å². The molecule has 0 spiro atoms. The monoisotopic (exact) mass is 446 g/mol. The third kappa shape index (κ3) is 7.28. The summed E-state index contributed by atoms with van der Waals surface area (Å²) in [7, 11) is -3.62. The lowest BCUT2D eigenvalue weighted by molar-refractivity contribution is -0.122. The summed E-state index contributed by atoms with van der Waals surface area (Å²) in [5.41, 5.74) is 2.55. The van der Waals surface area contributed by atoms with E-state index in [1.54, 1.807) is 18.2 Å². The van der Waals surface area contributed by atoms with Crippen molar-refractivity contribution in [3.8, 4) is 5.75 Å². The molecule has 0 bridgehead atoms. The Balaban J connectivity index is 2.02. The van der Waals surface area contributed by atoms with Crippen LogP contribution in [0.4, 0.5) is 5.69 Å². The lowest BCUT2D eigenvalue weighted by Gasteiger charge is -2.30. The van der Waals surface area contributed by atoms with E-state index in [9.17, 15) is 13.2 Å². The van der Waals surface area contributed by atoms with Gasteiger partial charge in [0.05, 0.1) is 18.6 Å². The van der Waals surface area contributed by atoms with E-state index in [0.717, 1.165) is 42.4 Å². The molecule has 170 valence electrons. The van der Waals surface area contributed by atoms with Crippen molar-refractivity contribution in [2.45, 2.75) is 52.5 Å². The maximum Gasteiger partial charge on any atom is 0.243 e. The zero-order valence-electron chi connectivity index (χ0n) is 18.9. The van der Waals surface area contributed by atoms with Crippen LogP contribution in [-0.2, 0) is 21.2 Å².